The molecule has 3 aromatic heterocycles. The molecule has 9 heteroatoms. The highest BCUT2D eigenvalue weighted by atomic mass is 19.1. The molecule has 1 atom stereocenters. The van der Waals surface area contributed by atoms with Crippen LogP contribution in [-0.4, -0.2) is 42.1 Å². The van der Waals surface area contributed by atoms with E-state index in [-0.39, 0.29) is 19.1 Å². The number of rotatable bonds is 9. The minimum absolute atomic E-state index is 0.213. The summed E-state index contributed by atoms with van der Waals surface area (Å²) in [7, 11) is 0. The molecule has 2 N–H and O–H groups in total. The number of aromatic nitrogens is 5. The number of fused-ring (bicyclic) bond motifs is 1. The maximum Gasteiger partial charge on any atom is 0.325 e. The molecular weight excluding hydrogens is 351 g/mol. The fourth-order valence-corrected chi connectivity index (χ4v) is 2.99. The lowest BCUT2D eigenvalue weighted by Crippen LogP contribution is -2.17. The molecule has 0 fully saturated rings. The van der Waals surface area contributed by atoms with Crippen molar-refractivity contribution in [2.45, 2.75) is 33.4 Å². The van der Waals surface area contributed by atoms with Crippen molar-refractivity contribution in [3.8, 4) is 0 Å². The van der Waals surface area contributed by atoms with Gasteiger partial charge in [0.2, 0.25) is 5.95 Å². The highest BCUT2D eigenvalue weighted by molar-refractivity contribution is 5.76. The molecule has 0 radical (unpaired) electrons. The zero-order valence-corrected chi connectivity index (χ0v) is 15.3. The fraction of sp³-hybridized carbons (Fsp3) is 0.444. The average molecular weight is 374 g/mol. The van der Waals surface area contributed by atoms with Gasteiger partial charge in [0.1, 0.15) is 12.2 Å². The van der Waals surface area contributed by atoms with Crippen LogP contribution in [-0.2, 0) is 17.9 Å². The number of nitrogens with one attached hydrogen (secondary N) is 1. The molecule has 0 saturated heterocycles. The van der Waals surface area contributed by atoms with Gasteiger partial charge in [-0.15, -0.1) is 0 Å². The lowest BCUT2D eigenvalue weighted by Gasteiger charge is -2.20. The van der Waals surface area contributed by atoms with Crippen LogP contribution in [0.3, 0.4) is 0 Å². The van der Waals surface area contributed by atoms with Crippen LogP contribution in [0.4, 0.5) is 16.0 Å². The number of halogens is 1. The van der Waals surface area contributed by atoms with Gasteiger partial charge in [-0.25, -0.2) is 4.98 Å². The van der Waals surface area contributed by atoms with Gasteiger partial charge in [0.15, 0.2) is 0 Å². The molecule has 0 bridgehead atoms. The summed E-state index contributed by atoms with van der Waals surface area (Å²) in [6, 6.07) is 1.94. The normalized spacial score (nSPS) is 12.6. The maximum atomic E-state index is 12.8. The van der Waals surface area contributed by atoms with Crippen molar-refractivity contribution in [1.29, 1.82) is 0 Å². The summed E-state index contributed by atoms with van der Waals surface area (Å²) in [5.74, 6) is 0.0287. The molecule has 3 rings (SSSR count). The molecule has 3 heterocycles. The van der Waals surface area contributed by atoms with Crippen molar-refractivity contribution in [3.05, 3.63) is 30.9 Å². The highest BCUT2D eigenvalue weighted by Gasteiger charge is 2.16. The first kappa shape index (κ1) is 18.8. The summed E-state index contributed by atoms with van der Waals surface area (Å²) in [4.78, 5) is 19.6. The quantitative estimate of drug-likeness (QED) is 0.597. The van der Waals surface area contributed by atoms with Gasteiger partial charge in [0.05, 0.1) is 18.6 Å². The Morgan fingerprint density at radius 3 is 2.89 bits per heavy atom. The Morgan fingerprint density at radius 1 is 1.37 bits per heavy atom. The van der Waals surface area contributed by atoms with E-state index < -0.39 is 5.97 Å². The van der Waals surface area contributed by atoms with Crippen LogP contribution in [0.5, 0.6) is 0 Å². The second-order valence-corrected chi connectivity index (χ2v) is 6.87. The number of anilines is 2. The number of carbonyl (C=O) groups is 1. The Balaban J connectivity index is 1.80. The number of hydrogen-bond donors (Lipinski definition) is 2. The summed E-state index contributed by atoms with van der Waals surface area (Å²) < 4.78 is 16.2. The maximum absolute atomic E-state index is 12.8. The van der Waals surface area contributed by atoms with Gasteiger partial charge in [-0.1, -0.05) is 13.8 Å². The van der Waals surface area contributed by atoms with Gasteiger partial charge in [-0.2, -0.15) is 10.1 Å². The molecule has 0 aliphatic carbocycles. The number of alkyl halides is 1. The SMILES string of the molecule is CC(C)C(CCF)Cn1ccc2cnc(Nc3cnn(CC(=O)O)c3)nc21. The zero-order chi connectivity index (χ0) is 19.4. The number of carboxylic acid groups (broad SMARTS) is 1. The predicted octanol–water partition coefficient (Wildman–Crippen LogP) is 3.09. The van der Waals surface area contributed by atoms with Gasteiger partial charge in [-0.3, -0.25) is 13.9 Å². The van der Waals surface area contributed by atoms with Crippen LogP contribution < -0.4 is 5.32 Å². The first-order chi connectivity index (χ1) is 13.0. The Labute approximate surface area is 156 Å². The van der Waals surface area contributed by atoms with Gasteiger partial charge >= 0.3 is 5.97 Å². The minimum atomic E-state index is -0.965. The van der Waals surface area contributed by atoms with E-state index in [9.17, 15) is 9.18 Å². The van der Waals surface area contributed by atoms with Crippen molar-refractivity contribution in [1.82, 2.24) is 24.3 Å². The predicted molar refractivity (Wildman–Crippen MR) is 99.6 cm³/mol. The Morgan fingerprint density at radius 2 is 2.19 bits per heavy atom. The summed E-state index contributed by atoms with van der Waals surface area (Å²) in [6.45, 7) is 4.35. The van der Waals surface area contributed by atoms with E-state index in [2.05, 4.69) is 34.2 Å². The number of hydrogen-bond acceptors (Lipinski definition) is 5. The monoisotopic (exact) mass is 374 g/mol. The highest BCUT2D eigenvalue weighted by Crippen LogP contribution is 2.22. The van der Waals surface area contributed by atoms with E-state index in [1.165, 1.54) is 10.9 Å². The van der Waals surface area contributed by atoms with E-state index in [4.69, 9.17) is 5.11 Å². The zero-order valence-electron chi connectivity index (χ0n) is 15.3. The van der Waals surface area contributed by atoms with Gasteiger partial charge in [0, 0.05) is 30.5 Å². The molecule has 0 aliphatic heterocycles. The molecule has 27 heavy (non-hydrogen) atoms. The molecule has 0 saturated carbocycles. The third-order valence-corrected chi connectivity index (χ3v) is 4.54. The van der Waals surface area contributed by atoms with Crippen LogP contribution in [0, 0.1) is 11.8 Å². The summed E-state index contributed by atoms with van der Waals surface area (Å²) >= 11 is 0. The first-order valence-electron chi connectivity index (χ1n) is 8.85. The Kier molecular flexibility index (Phi) is 5.68. The molecule has 0 aliphatic rings. The smallest absolute Gasteiger partial charge is 0.325 e. The van der Waals surface area contributed by atoms with Crippen LogP contribution >= 0.6 is 0 Å². The van der Waals surface area contributed by atoms with E-state index in [1.807, 2.05) is 16.8 Å². The second kappa shape index (κ2) is 8.15. The van der Waals surface area contributed by atoms with Crippen molar-refractivity contribution in [3.63, 3.8) is 0 Å². The van der Waals surface area contributed by atoms with Crippen LogP contribution in [0.1, 0.15) is 20.3 Å². The van der Waals surface area contributed by atoms with Crippen molar-refractivity contribution in [2.75, 3.05) is 12.0 Å². The van der Waals surface area contributed by atoms with Gasteiger partial charge in [-0.05, 0) is 24.3 Å². The summed E-state index contributed by atoms with van der Waals surface area (Å²) in [5.41, 5.74) is 1.38. The minimum Gasteiger partial charge on any atom is -0.480 e. The Bertz CT molecular complexity index is 920. The molecule has 0 spiro atoms. The summed E-state index contributed by atoms with van der Waals surface area (Å²) in [6.07, 6.45) is 7.29. The fourth-order valence-electron chi connectivity index (χ4n) is 2.99. The molecule has 8 nitrogen and oxygen atoms in total. The number of aliphatic carboxylic acids is 1. The third-order valence-electron chi connectivity index (χ3n) is 4.54. The lowest BCUT2D eigenvalue weighted by molar-refractivity contribution is -0.137. The number of nitrogens with zero attached hydrogens (tertiary/aromatic N) is 5. The second-order valence-electron chi connectivity index (χ2n) is 6.87. The topological polar surface area (TPSA) is 97.9 Å². The molecule has 0 aromatic carbocycles. The van der Waals surface area contributed by atoms with Crippen molar-refractivity contribution in [2.24, 2.45) is 11.8 Å². The molecule has 3 aromatic rings. The number of carboxylic acids is 1. The van der Waals surface area contributed by atoms with Crippen molar-refractivity contribution >= 4 is 28.6 Å². The third kappa shape index (κ3) is 4.60. The van der Waals surface area contributed by atoms with Crippen molar-refractivity contribution < 1.29 is 14.3 Å². The molecule has 1 unspecified atom stereocenters. The Hall–Kier alpha value is -2.97. The lowest BCUT2D eigenvalue weighted by atomic mass is 9.93. The van der Waals surface area contributed by atoms with Crippen LogP contribution in [0.25, 0.3) is 11.0 Å². The standard InChI is InChI=1S/C18H23FN6O2/c1-12(2)14(3-5-19)9-24-6-4-13-7-20-18(23-17(13)24)22-15-8-21-25(10-15)11-16(26)27/h4,6-8,10,12,14H,3,5,9,11H2,1-2H3,(H,26,27)(H,20,22,23). The van der Waals surface area contributed by atoms with E-state index in [0.717, 1.165) is 11.0 Å². The van der Waals surface area contributed by atoms with Crippen LogP contribution in [0.15, 0.2) is 30.9 Å². The van der Waals surface area contributed by atoms with Crippen LogP contribution in [0.2, 0.25) is 0 Å². The molecular formula is C18H23FN6O2. The largest absolute Gasteiger partial charge is 0.480 e. The van der Waals surface area contributed by atoms with E-state index in [0.29, 0.717) is 30.5 Å². The first-order valence-corrected chi connectivity index (χ1v) is 8.85. The summed E-state index contributed by atoms with van der Waals surface area (Å²) in [5, 5.41) is 16.7. The molecule has 144 valence electrons. The van der Waals surface area contributed by atoms with Gasteiger partial charge in [0.25, 0.3) is 0 Å². The van der Waals surface area contributed by atoms with E-state index >= 15 is 0 Å². The average Bonchev–Trinajstić information content (AvgIpc) is 3.21. The van der Waals surface area contributed by atoms with Gasteiger partial charge < -0.3 is 15.0 Å². The van der Waals surface area contributed by atoms with E-state index in [1.54, 1.807) is 12.4 Å². The molecule has 0 amide bonds.